The minimum Gasteiger partial charge on any atom is -0.399 e. The Kier molecular flexibility index (Phi) is 3.26. The second kappa shape index (κ2) is 4.85. The average molecular weight is 298 g/mol. The van der Waals surface area contributed by atoms with Gasteiger partial charge in [-0.1, -0.05) is 12.1 Å². The van der Waals surface area contributed by atoms with Crippen LogP contribution in [0.2, 0.25) is 0 Å². The van der Waals surface area contributed by atoms with E-state index in [1.165, 1.54) is 44.0 Å². The van der Waals surface area contributed by atoms with E-state index in [2.05, 4.69) is 39.8 Å². The molecule has 0 atom stereocenters. The summed E-state index contributed by atoms with van der Waals surface area (Å²) >= 11 is 0. The molecule has 118 valence electrons. The summed E-state index contributed by atoms with van der Waals surface area (Å²) in [6.07, 6.45) is 7.90. The maximum atomic E-state index is 6.26. The molecule has 1 heterocycles. The average Bonchev–Trinajstić information content (AvgIpc) is 2.68. The fourth-order valence-corrected chi connectivity index (χ4v) is 4.37. The maximum absolute atomic E-state index is 6.26. The summed E-state index contributed by atoms with van der Waals surface area (Å²) in [5, 5.41) is 0. The van der Waals surface area contributed by atoms with Gasteiger partial charge in [0.2, 0.25) is 0 Å². The van der Waals surface area contributed by atoms with Gasteiger partial charge < -0.3 is 9.31 Å². The lowest BCUT2D eigenvalue weighted by Gasteiger charge is -2.32. The summed E-state index contributed by atoms with van der Waals surface area (Å²) in [6, 6.07) is 4.75. The van der Waals surface area contributed by atoms with E-state index in [0.29, 0.717) is 0 Å². The van der Waals surface area contributed by atoms with E-state index in [-0.39, 0.29) is 18.3 Å². The van der Waals surface area contributed by atoms with Gasteiger partial charge in [0.25, 0.3) is 0 Å². The van der Waals surface area contributed by atoms with Crippen molar-refractivity contribution in [3.05, 3.63) is 28.8 Å². The second-order valence-electron chi connectivity index (χ2n) is 8.32. The molecule has 3 heteroatoms. The van der Waals surface area contributed by atoms with Crippen LogP contribution in [0.25, 0.3) is 0 Å². The van der Waals surface area contributed by atoms with Crippen LogP contribution in [0, 0.1) is 0 Å². The van der Waals surface area contributed by atoms with Crippen molar-refractivity contribution in [3.63, 3.8) is 0 Å². The van der Waals surface area contributed by atoms with Crippen LogP contribution in [-0.2, 0) is 22.2 Å². The Labute approximate surface area is 134 Å². The first-order valence-corrected chi connectivity index (χ1v) is 8.89. The minimum atomic E-state index is -0.257. The van der Waals surface area contributed by atoms with Gasteiger partial charge in [-0.3, -0.25) is 0 Å². The summed E-state index contributed by atoms with van der Waals surface area (Å²) in [5.74, 6) is 0.819. The van der Waals surface area contributed by atoms with E-state index in [1.807, 2.05) is 0 Å². The predicted molar refractivity (Wildman–Crippen MR) is 90.8 cm³/mol. The Morgan fingerprint density at radius 1 is 0.909 bits per heavy atom. The molecule has 4 rings (SSSR count). The van der Waals surface area contributed by atoms with E-state index < -0.39 is 0 Å². The first-order valence-electron chi connectivity index (χ1n) is 8.89. The molecule has 1 fully saturated rings. The largest absolute Gasteiger partial charge is 0.494 e. The SMILES string of the molecule is CC1(C)OB(c2cc3c4c(c2)CCCC4CCC3)OC1(C)C. The zero-order valence-corrected chi connectivity index (χ0v) is 14.4. The third-order valence-electron chi connectivity index (χ3n) is 6.30. The van der Waals surface area contributed by atoms with Crippen molar-refractivity contribution in [3.8, 4) is 0 Å². The van der Waals surface area contributed by atoms with E-state index >= 15 is 0 Å². The van der Waals surface area contributed by atoms with Gasteiger partial charge in [0.1, 0.15) is 0 Å². The Balaban J connectivity index is 1.73. The van der Waals surface area contributed by atoms with E-state index in [4.69, 9.17) is 9.31 Å². The van der Waals surface area contributed by atoms with Crippen molar-refractivity contribution in [1.82, 2.24) is 0 Å². The van der Waals surface area contributed by atoms with Crippen molar-refractivity contribution >= 4 is 12.6 Å². The molecule has 1 aliphatic heterocycles. The normalized spacial score (nSPS) is 26.1. The molecular formula is C19H27BO2. The van der Waals surface area contributed by atoms with Crippen LogP contribution in [0.1, 0.15) is 76.0 Å². The number of benzene rings is 1. The van der Waals surface area contributed by atoms with Crippen LogP contribution in [0.15, 0.2) is 12.1 Å². The van der Waals surface area contributed by atoms with Crippen molar-refractivity contribution in [1.29, 1.82) is 0 Å². The Bertz CT molecular complexity index is 558. The van der Waals surface area contributed by atoms with Crippen LogP contribution >= 0.6 is 0 Å². The van der Waals surface area contributed by atoms with Gasteiger partial charge in [0.05, 0.1) is 11.2 Å². The number of hydrogen-bond acceptors (Lipinski definition) is 2. The highest BCUT2D eigenvalue weighted by Gasteiger charge is 2.52. The highest BCUT2D eigenvalue weighted by Crippen LogP contribution is 2.42. The van der Waals surface area contributed by atoms with Crippen LogP contribution < -0.4 is 5.46 Å². The first-order chi connectivity index (χ1) is 10.4. The van der Waals surface area contributed by atoms with Gasteiger partial charge in [0.15, 0.2) is 0 Å². The van der Waals surface area contributed by atoms with Gasteiger partial charge in [-0.2, -0.15) is 0 Å². The molecular weight excluding hydrogens is 271 g/mol. The zero-order valence-electron chi connectivity index (χ0n) is 14.4. The van der Waals surface area contributed by atoms with Crippen LogP contribution in [0.4, 0.5) is 0 Å². The third kappa shape index (κ3) is 2.17. The number of rotatable bonds is 1. The van der Waals surface area contributed by atoms with Gasteiger partial charge in [-0.05, 0) is 94.3 Å². The van der Waals surface area contributed by atoms with Gasteiger partial charge in [-0.25, -0.2) is 0 Å². The second-order valence-corrected chi connectivity index (χ2v) is 8.32. The summed E-state index contributed by atoms with van der Waals surface area (Å²) in [5.41, 5.74) is 5.53. The quantitative estimate of drug-likeness (QED) is 0.735. The summed E-state index contributed by atoms with van der Waals surface area (Å²) in [7, 11) is -0.214. The topological polar surface area (TPSA) is 18.5 Å². The Morgan fingerprint density at radius 2 is 1.41 bits per heavy atom. The van der Waals surface area contributed by atoms with Gasteiger partial charge in [0, 0.05) is 0 Å². The molecule has 1 aromatic carbocycles. The smallest absolute Gasteiger partial charge is 0.399 e. The fraction of sp³-hybridized carbons (Fsp3) is 0.684. The van der Waals surface area contributed by atoms with Crippen LogP contribution in [0.5, 0.6) is 0 Å². The molecule has 0 aromatic heterocycles. The van der Waals surface area contributed by atoms with Gasteiger partial charge >= 0.3 is 7.12 Å². The Hall–Kier alpha value is -0.795. The molecule has 2 nitrogen and oxygen atoms in total. The Morgan fingerprint density at radius 3 is 1.91 bits per heavy atom. The first kappa shape index (κ1) is 14.8. The van der Waals surface area contributed by atoms with Crippen molar-refractivity contribution < 1.29 is 9.31 Å². The fourth-order valence-electron chi connectivity index (χ4n) is 4.37. The molecule has 0 saturated carbocycles. The molecule has 0 amide bonds. The van der Waals surface area contributed by atoms with E-state index in [1.54, 1.807) is 16.7 Å². The van der Waals surface area contributed by atoms with Crippen molar-refractivity contribution in [2.24, 2.45) is 0 Å². The highest BCUT2D eigenvalue weighted by atomic mass is 16.7. The lowest BCUT2D eigenvalue weighted by molar-refractivity contribution is 0.00578. The lowest BCUT2D eigenvalue weighted by atomic mass is 9.68. The standard InChI is InChI=1S/C19H27BO2/c1-18(2)19(3,4)22-20(21-18)16-11-14-9-5-7-13-8-6-10-15(12-16)17(13)14/h11-13H,5-10H2,1-4H3. The molecule has 0 unspecified atom stereocenters. The summed E-state index contributed by atoms with van der Waals surface area (Å²) < 4.78 is 12.5. The number of aryl methyl sites for hydroxylation is 2. The maximum Gasteiger partial charge on any atom is 0.494 e. The van der Waals surface area contributed by atoms with Crippen LogP contribution in [0.3, 0.4) is 0 Å². The van der Waals surface area contributed by atoms with Crippen molar-refractivity contribution in [2.75, 3.05) is 0 Å². The van der Waals surface area contributed by atoms with E-state index in [0.717, 1.165) is 5.92 Å². The van der Waals surface area contributed by atoms with Crippen LogP contribution in [-0.4, -0.2) is 18.3 Å². The highest BCUT2D eigenvalue weighted by molar-refractivity contribution is 6.62. The summed E-state index contributed by atoms with van der Waals surface area (Å²) in [6.45, 7) is 8.52. The molecule has 0 N–H and O–H groups in total. The molecule has 0 radical (unpaired) electrons. The monoisotopic (exact) mass is 298 g/mol. The molecule has 1 aromatic rings. The molecule has 0 spiro atoms. The molecule has 3 aliphatic rings. The summed E-state index contributed by atoms with van der Waals surface area (Å²) in [4.78, 5) is 0. The predicted octanol–water partition coefficient (Wildman–Crippen LogP) is 3.74. The molecule has 1 saturated heterocycles. The lowest BCUT2D eigenvalue weighted by Crippen LogP contribution is -2.41. The molecule has 22 heavy (non-hydrogen) atoms. The third-order valence-corrected chi connectivity index (χ3v) is 6.30. The number of hydrogen-bond donors (Lipinski definition) is 0. The zero-order chi connectivity index (χ0) is 15.5. The molecule has 2 aliphatic carbocycles. The molecule has 0 bridgehead atoms. The van der Waals surface area contributed by atoms with Gasteiger partial charge in [-0.15, -0.1) is 0 Å². The minimum absolute atomic E-state index is 0.214. The van der Waals surface area contributed by atoms with E-state index in [9.17, 15) is 0 Å². The van der Waals surface area contributed by atoms with Crippen molar-refractivity contribution in [2.45, 2.75) is 83.3 Å².